The Hall–Kier alpha value is -2.72. The quantitative estimate of drug-likeness (QED) is 0.492. The van der Waals surface area contributed by atoms with Crippen molar-refractivity contribution in [2.75, 3.05) is 11.1 Å². The highest BCUT2D eigenvalue weighted by Gasteiger charge is 2.51. The second kappa shape index (κ2) is 8.08. The van der Waals surface area contributed by atoms with Gasteiger partial charge >= 0.3 is 6.18 Å². The molecule has 10 heteroatoms. The summed E-state index contributed by atoms with van der Waals surface area (Å²) in [6, 6.07) is 9.28. The Kier molecular flexibility index (Phi) is 5.98. The van der Waals surface area contributed by atoms with E-state index >= 15 is 0 Å². The van der Waals surface area contributed by atoms with Gasteiger partial charge in [0.25, 0.3) is 11.7 Å². The topological polar surface area (TPSA) is 101 Å². The van der Waals surface area contributed by atoms with E-state index in [-0.39, 0.29) is 27.8 Å². The van der Waals surface area contributed by atoms with Crippen LogP contribution in [0.3, 0.4) is 0 Å². The molecule has 1 aliphatic carbocycles. The molecule has 0 heterocycles. The Morgan fingerprint density at radius 2 is 1.58 bits per heavy atom. The number of hydrogen-bond donors (Lipinski definition) is 2. The van der Waals surface area contributed by atoms with Crippen molar-refractivity contribution in [1.29, 1.82) is 0 Å². The number of ketones is 1. The van der Waals surface area contributed by atoms with Gasteiger partial charge < -0.3 is 10.4 Å². The van der Waals surface area contributed by atoms with Crippen LogP contribution in [0.15, 0.2) is 53.4 Å². The monoisotopic (exact) mass is 455 g/mol. The zero-order chi connectivity index (χ0) is 23.0. The molecule has 1 unspecified atom stereocenters. The Morgan fingerprint density at radius 3 is 2.06 bits per heavy atom. The zero-order valence-corrected chi connectivity index (χ0v) is 17.3. The average Bonchev–Trinajstić information content (AvgIpc) is 3.50. The lowest BCUT2D eigenvalue weighted by atomic mass is 9.95. The Balaban J connectivity index is 1.67. The number of sulfone groups is 1. The molecular formula is C21H20F3NO5S. The van der Waals surface area contributed by atoms with Crippen LogP contribution in [0.5, 0.6) is 0 Å². The second-order valence-corrected chi connectivity index (χ2v) is 9.71. The van der Waals surface area contributed by atoms with Crippen LogP contribution >= 0.6 is 0 Å². The minimum absolute atomic E-state index is 0.0282. The molecule has 1 saturated carbocycles. The second-order valence-electron chi connectivity index (χ2n) is 7.68. The summed E-state index contributed by atoms with van der Waals surface area (Å²) in [6.45, 7) is 0.610. The number of alkyl halides is 3. The number of carbonyl (C=O) groups excluding carboxylic acids is 2. The SMILES string of the molecule is CC(O)(c1ccc(NC(=O)C(=O)c2ccc(S(=O)(=O)CC3CC3)cc2)cc1)C(F)(F)F. The zero-order valence-electron chi connectivity index (χ0n) is 16.4. The van der Waals surface area contributed by atoms with Gasteiger partial charge in [0.05, 0.1) is 10.6 Å². The van der Waals surface area contributed by atoms with E-state index in [2.05, 4.69) is 5.32 Å². The number of amides is 1. The first-order valence-corrected chi connectivity index (χ1v) is 11.0. The van der Waals surface area contributed by atoms with Gasteiger partial charge in [-0.15, -0.1) is 0 Å². The number of carbonyl (C=O) groups is 2. The summed E-state index contributed by atoms with van der Waals surface area (Å²) in [5, 5.41) is 11.9. The largest absolute Gasteiger partial charge is 0.421 e. The first kappa shape index (κ1) is 23.0. The Bertz CT molecular complexity index is 1090. The molecule has 3 rings (SSSR count). The van der Waals surface area contributed by atoms with Crippen LogP contribution in [0.2, 0.25) is 0 Å². The van der Waals surface area contributed by atoms with Gasteiger partial charge in [0, 0.05) is 11.3 Å². The maximum absolute atomic E-state index is 12.9. The first-order chi connectivity index (χ1) is 14.3. The molecule has 0 aromatic heterocycles. The molecule has 6 nitrogen and oxygen atoms in total. The molecule has 2 aromatic carbocycles. The number of benzene rings is 2. The standard InChI is InChI=1S/C21H20F3NO5S/c1-20(28,21(22,23)24)15-6-8-16(9-7-15)25-19(27)18(26)14-4-10-17(11-5-14)31(29,30)12-13-2-3-13/h4-11,13,28H,2-3,12H2,1H3,(H,25,27). The molecule has 0 aliphatic heterocycles. The van der Waals surface area contributed by atoms with Crippen molar-refractivity contribution in [3.8, 4) is 0 Å². The molecule has 31 heavy (non-hydrogen) atoms. The fraction of sp³-hybridized carbons (Fsp3) is 0.333. The fourth-order valence-corrected chi connectivity index (χ4v) is 4.56. The van der Waals surface area contributed by atoms with Crippen molar-refractivity contribution in [2.24, 2.45) is 5.92 Å². The van der Waals surface area contributed by atoms with Crippen LogP contribution in [-0.2, 0) is 20.2 Å². The summed E-state index contributed by atoms with van der Waals surface area (Å²) >= 11 is 0. The number of hydrogen-bond acceptors (Lipinski definition) is 5. The summed E-state index contributed by atoms with van der Waals surface area (Å²) in [6.07, 6.45) is -3.12. The predicted molar refractivity (Wildman–Crippen MR) is 106 cm³/mol. The van der Waals surface area contributed by atoms with E-state index in [4.69, 9.17) is 0 Å². The number of rotatable bonds is 7. The van der Waals surface area contributed by atoms with Crippen molar-refractivity contribution in [1.82, 2.24) is 0 Å². The molecule has 0 radical (unpaired) electrons. The van der Waals surface area contributed by atoms with Crippen LogP contribution in [0.4, 0.5) is 18.9 Å². The lowest BCUT2D eigenvalue weighted by Gasteiger charge is -2.26. The maximum Gasteiger partial charge on any atom is 0.421 e. The molecule has 0 saturated heterocycles. The van der Waals surface area contributed by atoms with Gasteiger partial charge in [-0.25, -0.2) is 8.42 Å². The summed E-state index contributed by atoms with van der Waals surface area (Å²) in [5.74, 6) is -1.75. The molecule has 2 aromatic rings. The van der Waals surface area contributed by atoms with E-state index in [1.54, 1.807) is 0 Å². The highest BCUT2D eigenvalue weighted by Crippen LogP contribution is 2.38. The average molecular weight is 455 g/mol. The number of halogens is 3. The summed E-state index contributed by atoms with van der Waals surface area (Å²) in [7, 11) is -3.45. The predicted octanol–water partition coefficient (Wildman–Crippen LogP) is 3.46. The van der Waals surface area contributed by atoms with Gasteiger partial charge in [-0.3, -0.25) is 9.59 Å². The van der Waals surface area contributed by atoms with E-state index in [1.165, 1.54) is 24.3 Å². The van der Waals surface area contributed by atoms with Gasteiger partial charge in [-0.1, -0.05) is 12.1 Å². The molecule has 0 spiro atoms. The minimum Gasteiger partial charge on any atom is -0.376 e. The summed E-state index contributed by atoms with van der Waals surface area (Å²) < 4.78 is 63.2. The van der Waals surface area contributed by atoms with E-state index in [0.29, 0.717) is 6.92 Å². The molecule has 2 N–H and O–H groups in total. The third-order valence-electron chi connectivity index (χ3n) is 5.09. The number of Topliss-reactive ketones (excluding diaryl/α,β-unsaturated/α-hetero) is 1. The molecule has 166 valence electrons. The molecule has 0 bridgehead atoms. The number of anilines is 1. The van der Waals surface area contributed by atoms with Crippen molar-refractivity contribution >= 4 is 27.2 Å². The van der Waals surface area contributed by atoms with Crippen LogP contribution in [0.1, 0.15) is 35.7 Å². The van der Waals surface area contributed by atoms with Crippen LogP contribution in [-0.4, -0.2) is 37.1 Å². The molecule has 1 amide bonds. The van der Waals surface area contributed by atoms with Gasteiger partial charge in [-0.2, -0.15) is 13.2 Å². The number of nitrogens with one attached hydrogen (secondary N) is 1. The molecule has 1 aliphatic rings. The van der Waals surface area contributed by atoms with E-state index < -0.39 is 38.9 Å². The number of aliphatic hydroxyl groups is 1. The van der Waals surface area contributed by atoms with E-state index in [1.807, 2.05) is 0 Å². The van der Waals surface area contributed by atoms with Gasteiger partial charge in [0.15, 0.2) is 15.4 Å². The van der Waals surface area contributed by atoms with Crippen molar-refractivity contribution in [3.05, 3.63) is 59.7 Å². The lowest BCUT2D eigenvalue weighted by molar-refractivity contribution is -0.258. The minimum atomic E-state index is -4.88. The lowest BCUT2D eigenvalue weighted by Crippen LogP contribution is -2.39. The normalized spacial score (nSPS) is 16.4. The first-order valence-electron chi connectivity index (χ1n) is 9.39. The Morgan fingerprint density at radius 1 is 1.03 bits per heavy atom. The third kappa shape index (κ3) is 5.13. The highest BCUT2D eigenvalue weighted by atomic mass is 32.2. The van der Waals surface area contributed by atoms with Gasteiger partial charge in [0.2, 0.25) is 0 Å². The van der Waals surface area contributed by atoms with Crippen molar-refractivity contribution in [3.63, 3.8) is 0 Å². The summed E-state index contributed by atoms with van der Waals surface area (Å²) in [4.78, 5) is 24.6. The van der Waals surface area contributed by atoms with Crippen molar-refractivity contribution < 1.29 is 36.3 Å². The van der Waals surface area contributed by atoms with Crippen LogP contribution < -0.4 is 5.32 Å². The third-order valence-corrected chi connectivity index (χ3v) is 6.99. The molecule has 1 atom stereocenters. The molecular weight excluding hydrogens is 435 g/mol. The summed E-state index contributed by atoms with van der Waals surface area (Å²) in [5.41, 5.74) is -3.46. The van der Waals surface area contributed by atoms with Crippen LogP contribution in [0.25, 0.3) is 0 Å². The van der Waals surface area contributed by atoms with E-state index in [0.717, 1.165) is 37.1 Å². The van der Waals surface area contributed by atoms with Crippen molar-refractivity contribution in [2.45, 2.75) is 36.4 Å². The maximum atomic E-state index is 12.9. The van der Waals surface area contributed by atoms with Crippen LogP contribution in [0, 0.1) is 5.92 Å². The highest BCUT2D eigenvalue weighted by molar-refractivity contribution is 7.91. The van der Waals surface area contributed by atoms with E-state index in [9.17, 15) is 36.3 Å². The smallest absolute Gasteiger partial charge is 0.376 e. The Labute approximate surface area is 177 Å². The van der Waals surface area contributed by atoms with Gasteiger partial charge in [0.1, 0.15) is 0 Å². The molecule has 1 fully saturated rings. The fourth-order valence-electron chi connectivity index (χ4n) is 2.87. The van der Waals surface area contributed by atoms with Gasteiger partial charge in [-0.05, 0) is 67.6 Å².